The van der Waals surface area contributed by atoms with Gasteiger partial charge in [-0.05, 0) is 48.8 Å². The van der Waals surface area contributed by atoms with E-state index in [1.807, 2.05) is 18.2 Å². The van der Waals surface area contributed by atoms with Gasteiger partial charge in [0, 0.05) is 18.2 Å². The van der Waals surface area contributed by atoms with E-state index in [9.17, 15) is 0 Å². The first kappa shape index (κ1) is 12.8. The molecule has 2 rings (SSSR count). The average Bonchev–Trinajstić information content (AvgIpc) is 2.81. The van der Waals surface area contributed by atoms with Crippen molar-refractivity contribution in [3.8, 4) is 10.6 Å². The van der Waals surface area contributed by atoms with Crippen LogP contribution in [0.2, 0.25) is 0 Å². The third kappa shape index (κ3) is 3.66. The second-order valence-electron chi connectivity index (χ2n) is 4.89. The standard InChI is InChI=1S/C12H15BrN2OS/c1-12(2,3)14-7-8-6-9(16-15-8)10-4-5-11(13)17-10/h4-6,14H,7H2,1-3H3. The largest absolute Gasteiger partial charge is 0.355 e. The van der Waals surface area contributed by atoms with Gasteiger partial charge in [0.2, 0.25) is 0 Å². The number of thiophene rings is 1. The minimum absolute atomic E-state index is 0.0884. The zero-order valence-corrected chi connectivity index (χ0v) is 12.5. The molecule has 0 aliphatic carbocycles. The van der Waals surface area contributed by atoms with Crippen molar-refractivity contribution in [2.75, 3.05) is 0 Å². The van der Waals surface area contributed by atoms with E-state index in [-0.39, 0.29) is 5.54 Å². The van der Waals surface area contributed by atoms with Crippen LogP contribution >= 0.6 is 27.3 Å². The Kier molecular flexibility index (Phi) is 3.70. The molecule has 0 unspecified atom stereocenters. The van der Waals surface area contributed by atoms with E-state index in [1.165, 1.54) is 0 Å². The van der Waals surface area contributed by atoms with Crippen molar-refractivity contribution in [3.05, 3.63) is 27.7 Å². The number of hydrogen-bond donors (Lipinski definition) is 1. The summed E-state index contributed by atoms with van der Waals surface area (Å²) in [6, 6.07) is 6.02. The Labute approximate surface area is 113 Å². The molecule has 0 aromatic carbocycles. The highest BCUT2D eigenvalue weighted by atomic mass is 79.9. The maximum Gasteiger partial charge on any atom is 0.177 e. The van der Waals surface area contributed by atoms with Crippen molar-refractivity contribution >= 4 is 27.3 Å². The second kappa shape index (κ2) is 4.92. The van der Waals surface area contributed by atoms with Gasteiger partial charge >= 0.3 is 0 Å². The van der Waals surface area contributed by atoms with Crippen molar-refractivity contribution < 1.29 is 4.52 Å². The SMILES string of the molecule is CC(C)(C)NCc1cc(-c2ccc(Br)s2)on1. The van der Waals surface area contributed by atoms with Gasteiger partial charge < -0.3 is 9.84 Å². The van der Waals surface area contributed by atoms with E-state index in [2.05, 4.69) is 47.2 Å². The first-order valence-corrected chi connectivity index (χ1v) is 7.01. The summed E-state index contributed by atoms with van der Waals surface area (Å²) in [6.07, 6.45) is 0. The van der Waals surface area contributed by atoms with Crippen LogP contribution in [0.1, 0.15) is 26.5 Å². The predicted molar refractivity (Wildman–Crippen MR) is 74.1 cm³/mol. The molecule has 0 amide bonds. The van der Waals surface area contributed by atoms with Crippen molar-refractivity contribution in [1.82, 2.24) is 10.5 Å². The molecule has 0 bridgehead atoms. The van der Waals surface area contributed by atoms with Crippen molar-refractivity contribution in [1.29, 1.82) is 0 Å². The van der Waals surface area contributed by atoms with E-state index in [0.29, 0.717) is 0 Å². The molecule has 0 aliphatic heterocycles. The van der Waals surface area contributed by atoms with Crippen LogP contribution in [0.15, 0.2) is 26.5 Å². The van der Waals surface area contributed by atoms with Gasteiger partial charge in [0.1, 0.15) is 0 Å². The van der Waals surface area contributed by atoms with Crippen LogP contribution in [0, 0.1) is 0 Å². The summed E-state index contributed by atoms with van der Waals surface area (Å²) in [7, 11) is 0. The van der Waals surface area contributed by atoms with Crippen LogP contribution in [-0.4, -0.2) is 10.7 Å². The summed E-state index contributed by atoms with van der Waals surface area (Å²) < 4.78 is 6.42. The molecule has 17 heavy (non-hydrogen) atoms. The third-order valence-electron chi connectivity index (χ3n) is 2.17. The molecule has 0 aliphatic rings. The zero-order valence-electron chi connectivity index (χ0n) is 10.1. The van der Waals surface area contributed by atoms with Gasteiger partial charge in [-0.1, -0.05) is 5.16 Å². The van der Waals surface area contributed by atoms with Crippen LogP contribution in [0.4, 0.5) is 0 Å². The fraction of sp³-hybridized carbons (Fsp3) is 0.417. The molecule has 2 aromatic heterocycles. The zero-order chi connectivity index (χ0) is 12.5. The van der Waals surface area contributed by atoms with Gasteiger partial charge in [0.05, 0.1) is 14.4 Å². The Hall–Kier alpha value is -0.650. The van der Waals surface area contributed by atoms with Crippen molar-refractivity contribution in [3.63, 3.8) is 0 Å². The van der Waals surface area contributed by atoms with Gasteiger partial charge in [-0.2, -0.15) is 0 Å². The molecule has 0 saturated heterocycles. The normalized spacial score (nSPS) is 12.0. The van der Waals surface area contributed by atoms with E-state index in [1.54, 1.807) is 11.3 Å². The molecule has 1 N–H and O–H groups in total. The number of halogens is 1. The maximum absolute atomic E-state index is 5.33. The molecular weight excluding hydrogens is 300 g/mol. The monoisotopic (exact) mass is 314 g/mol. The lowest BCUT2D eigenvalue weighted by atomic mass is 10.1. The minimum atomic E-state index is 0.0884. The topological polar surface area (TPSA) is 38.1 Å². The van der Waals surface area contributed by atoms with Crippen molar-refractivity contribution in [2.24, 2.45) is 0 Å². The van der Waals surface area contributed by atoms with Crippen LogP contribution in [0.25, 0.3) is 10.6 Å². The second-order valence-corrected chi connectivity index (χ2v) is 7.35. The molecular formula is C12H15BrN2OS. The minimum Gasteiger partial charge on any atom is -0.355 e. The summed E-state index contributed by atoms with van der Waals surface area (Å²) in [6.45, 7) is 7.11. The molecule has 5 heteroatoms. The molecule has 0 atom stereocenters. The Balaban J connectivity index is 2.06. The maximum atomic E-state index is 5.33. The van der Waals surface area contributed by atoms with Gasteiger partial charge in [-0.15, -0.1) is 11.3 Å². The Bertz CT molecular complexity index is 499. The highest BCUT2D eigenvalue weighted by Gasteiger charge is 2.12. The number of aromatic nitrogens is 1. The quantitative estimate of drug-likeness (QED) is 0.928. The van der Waals surface area contributed by atoms with Crippen LogP contribution in [0.5, 0.6) is 0 Å². The van der Waals surface area contributed by atoms with E-state index >= 15 is 0 Å². The summed E-state index contributed by atoms with van der Waals surface area (Å²) in [4.78, 5) is 1.09. The van der Waals surface area contributed by atoms with Gasteiger partial charge in [-0.25, -0.2) is 0 Å². The van der Waals surface area contributed by atoms with Crippen LogP contribution in [-0.2, 0) is 6.54 Å². The lowest BCUT2D eigenvalue weighted by molar-refractivity contribution is 0.393. The summed E-state index contributed by atoms with van der Waals surface area (Å²) in [5.41, 5.74) is 1.02. The summed E-state index contributed by atoms with van der Waals surface area (Å²) >= 11 is 5.08. The predicted octanol–water partition coefficient (Wildman–Crippen LogP) is 4.05. The van der Waals surface area contributed by atoms with E-state index in [4.69, 9.17) is 4.52 Å². The lowest BCUT2D eigenvalue weighted by Gasteiger charge is -2.19. The first-order chi connectivity index (χ1) is 7.94. The Morgan fingerprint density at radius 2 is 2.18 bits per heavy atom. The highest BCUT2D eigenvalue weighted by Crippen LogP contribution is 2.31. The fourth-order valence-corrected chi connectivity index (χ4v) is 2.65. The van der Waals surface area contributed by atoms with Gasteiger partial charge in [-0.3, -0.25) is 0 Å². The van der Waals surface area contributed by atoms with Crippen molar-refractivity contribution in [2.45, 2.75) is 32.9 Å². The molecule has 2 aromatic rings. The molecule has 3 nitrogen and oxygen atoms in total. The Morgan fingerprint density at radius 1 is 1.41 bits per heavy atom. The van der Waals surface area contributed by atoms with Crippen LogP contribution < -0.4 is 5.32 Å². The average molecular weight is 315 g/mol. The smallest absolute Gasteiger partial charge is 0.177 e. The molecule has 92 valence electrons. The number of nitrogens with zero attached hydrogens (tertiary/aromatic N) is 1. The number of nitrogens with one attached hydrogen (secondary N) is 1. The number of rotatable bonds is 3. The Morgan fingerprint density at radius 3 is 2.76 bits per heavy atom. The van der Waals surface area contributed by atoms with Gasteiger partial charge in [0.25, 0.3) is 0 Å². The molecule has 0 saturated carbocycles. The van der Waals surface area contributed by atoms with E-state index < -0.39 is 0 Å². The molecule has 0 radical (unpaired) electrons. The summed E-state index contributed by atoms with van der Waals surface area (Å²) in [5, 5.41) is 7.44. The fourth-order valence-electron chi connectivity index (χ4n) is 1.31. The van der Waals surface area contributed by atoms with E-state index in [0.717, 1.165) is 26.7 Å². The molecule has 0 fully saturated rings. The van der Waals surface area contributed by atoms with Crippen LogP contribution in [0.3, 0.4) is 0 Å². The third-order valence-corrected chi connectivity index (χ3v) is 3.81. The molecule has 0 spiro atoms. The lowest BCUT2D eigenvalue weighted by Crippen LogP contribution is -2.35. The van der Waals surface area contributed by atoms with Gasteiger partial charge in [0.15, 0.2) is 5.76 Å². The highest BCUT2D eigenvalue weighted by molar-refractivity contribution is 9.11. The summed E-state index contributed by atoms with van der Waals surface area (Å²) in [5.74, 6) is 0.825. The first-order valence-electron chi connectivity index (χ1n) is 5.40. The number of hydrogen-bond acceptors (Lipinski definition) is 4. The molecule has 2 heterocycles.